The van der Waals surface area contributed by atoms with Crippen LogP contribution in [0.15, 0.2) is 149 Å². The van der Waals surface area contributed by atoms with E-state index >= 15 is 0 Å². The van der Waals surface area contributed by atoms with E-state index in [4.69, 9.17) is 13.8 Å². The molecule has 0 spiro atoms. The quantitative estimate of drug-likeness (QED) is 0.217. The summed E-state index contributed by atoms with van der Waals surface area (Å²) in [4.78, 5) is 11.6. The fraction of sp³-hybridized carbons (Fsp3) is 0. The fourth-order valence-corrected chi connectivity index (χ4v) is 6.10. The molecular weight excluding hydrogens is 530 g/mol. The maximum Gasteiger partial charge on any atom is 0.227 e. The fourth-order valence-electron chi connectivity index (χ4n) is 6.10. The minimum Gasteiger partial charge on any atom is -0.456 e. The molecule has 0 aliphatic carbocycles. The van der Waals surface area contributed by atoms with Crippen LogP contribution in [0, 0.1) is 0 Å². The van der Waals surface area contributed by atoms with Crippen LogP contribution in [0.2, 0.25) is 0 Å². The smallest absolute Gasteiger partial charge is 0.227 e. The van der Waals surface area contributed by atoms with Crippen LogP contribution in [0.25, 0.3) is 65.9 Å². The summed E-state index contributed by atoms with van der Waals surface area (Å²) < 4.78 is 12.7. The summed E-state index contributed by atoms with van der Waals surface area (Å²) in [6.07, 6.45) is 3.66. The highest BCUT2D eigenvalue weighted by Crippen LogP contribution is 2.43. The Kier molecular flexibility index (Phi) is 5.13. The normalized spacial score (nSPS) is 11.7. The number of furan rings is 2. The van der Waals surface area contributed by atoms with Gasteiger partial charge in [0.2, 0.25) is 5.71 Å². The van der Waals surface area contributed by atoms with Crippen LogP contribution in [-0.2, 0) is 0 Å². The van der Waals surface area contributed by atoms with E-state index in [0.29, 0.717) is 5.71 Å². The van der Waals surface area contributed by atoms with Gasteiger partial charge >= 0.3 is 0 Å². The minimum atomic E-state index is 0.609. The van der Waals surface area contributed by atoms with Crippen molar-refractivity contribution in [1.82, 2.24) is 9.97 Å². The molecule has 0 unspecified atom stereocenters. The van der Waals surface area contributed by atoms with Crippen LogP contribution in [0.4, 0.5) is 17.2 Å². The van der Waals surface area contributed by atoms with E-state index in [1.807, 2.05) is 48.7 Å². The number of para-hydroxylation sites is 2. The topological polar surface area (TPSA) is 55.3 Å². The molecule has 0 radical (unpaired) electrons. The first-order valence-corrected chi connectivity index (χ1v) is 14.2. The summed E-state index contributed by atoms with van der Waals surface area (Å²) in [5, 5.41) is 6.31. The van der Waals surface area contributed by atoms with Crippen molar-refractivity contribution in [1.29, 1.82) is 0 Å². The third-order valence-corrected chi connectivity index (χ3v) is 8.16. The predicted molar refractivity (Wildman–Crippen MR) is 174 cm³/mol. The Labute approximate surface area is 246 Å². The Morgan fingerprint density at radius 1 is 0.512 bits per heavy atom. The molecule has 0 bridgehead atoms. The second kappa shape index (κ2) is 9.29. The molecule has 5 heteroatoms. The first-order valence-electron chi connectivity index (χ1n) is 14.2. The Morgan fingerprint density at radius 3 is 2.28 bits per heavy atom. The molecule has 0 aliphatic rings. The average Bonchev–Trinajstić information content (AvgIpc) is 3.64. The number of nitrogens with zero attached hydrogens (tertiary/aromatic N) is 3. The first-order chi connectivity index (χ1) is 21.3. The summed E-state index contributed by atoms with van der Waals surface area (Å²) in [5.74, 6) is 0.729. The lowest BCUT2D eigenvalue weighted by Gasteiger charge is -2.24. The average molecular weight is 554 g/mol. The van der Waals surface area contributed by atoms with Gasteiger partial charge in [-0.05, 0) is 64.4 Å². The maximum atomic E-state index is 6.39. The lowest BCUT2D eigenvalue weighted by atomic mass is 10.0. The van der Waals surface area contributed by atoms with E-state index in [-0.39, 0.29) is 0 Å². The van der Waals surface area contributed by atoms with Crippen molar-refractivity contribution in [2.45, 2.75) is 0 Å². The van der Waals surface area contributed by atoms with Gasteiger partial charge in [-0.1, -0.05) is 78.9 Å². The van der Waals surface area contributed by atoms with E-state index in [0.717, 1.165) is 66.3 Å². The number of hydrogen-bond donors (Lipinski definition) is 0. The van der Waals surface area contributed by atoms with E-state index in [2.05, 4.69) is 94.8 Å². The molecule has 43 heavy (non-hydrogen) atoms. The number of benzene rings is 5. The highest BCUT2D eigenvalue weighted by Gasteiger charge is 2.22. The molecule has 0 N–H and O–H groups in total. The van der Waals surface area contributed by atoms with Crippen molar-refractivity contribution in [2.24, 2.45) is 0 Å². The van der Waals surface area contributed by atoms with Crippen LogP contribution in [0.5, 0.6) is 0 Å². The zero-order chi connectivity index (χ0) is 28.3. The van der Waals surface area contributed by atoms with E-state index in [1.165, 1.54) is 11.1 Å². The highest BCUT2D eigenvalue weighted by molar-refractivity contribution is 6.10. The van der Waals surface area contributed by atoms with Gasteiger partial charge in [0.05, 0.1) is 5.69 Å². The number of hydrogen-bond acceptors (Lipinski definition) is 5. The van der Waals surface area contributed by atoms with E-state index in [1.54, 1.807) is 6.20 Å². The third-order valence-electron chi connectivity index (χ3n) is 8.16. The standard InChI is InChI=1S/C38H23N3O2/c1-2-8-24(9-3-1)25-15-16-27-21-28(18-17-26(27)20-25)41(33-13-6-11-30-31-12-7-19-39-38(31)43-37(30)33)36-22-35-32(23-40-36)29-10-4-5-14-34(29)42-35/h1-23H. The largest absolute Gasteiger partial charge is 0.456 e. The molecule has 0 fully saturated rings. The summed E-state index contributed by atoms with van der Waals surface area (Å²) >= 11 is 0. The van der Waals surface area contributed by atoms with Gasteiger partial charge in [0, 0.05) is 45.7 Å². The monoisotopic (exact) mass is 553 g/mol. The molecule has 5 aromatic carbocycles. The molecular formula is C38H23N3O2. The summed E-state index contributed by atoms with van der Waals surface area (Å²) in [5.41, 5.74) is 7.21. The second-order valence-electron chi connectivity index (χ2n) is 10.7. The Morgan fingerprint density at radius 2 is 1.33 bits per heavy atom. The summed E-state index contributed by atoms with van der Waals surface area (Å²) in [7, 11) is 0. The Hall–Kier alpha value is -5.94. The van der Waals surface area contributed by atoms with Crippen molar-refractivity contribution in [2.75, 3.05) is 4.90 Å². The molecule has 4 heterocycles. The van der Waals surface area contributed by atoms with Crippen molar-refractivity contribution >= 4 is 72.0 Å². The van der Waals surface area contributed by atoms with Crippen LogP contribution in [-0.4, -0.2) is 9.97 Å². The number of anilines is 3. The van der Waals surface area contributed by atoms with Gasteiger partial charge in [0.25, 0.3) is 0 Å². The van der Waals surface area contributed by atoms with Crippen molar-refractivity contribution in [3.63, 3.8) is 0 Å². The second-order valence-corrected chi connectivity index (χ2v) is 10.7. The number of pyridine rings is 2. The third kappa shape index (κ3) is 3.79. The Bertz CT molecular complexity index is 2480. The number of aromatic nitrogens is 2. The van der Waals surface area contributed by atoms with Gasteiger partial charge in [0.15, 0.2) is 5.58 Å². The van der Waals surface area contributed by atoms with Crippen molar-refractivity contribution in [3.8, 4) is 11.1 Å². The summed E-state index contributed by atoms with van der Waals surface area (Å²) in [6.45, 7) is 0. The van der Waals surface area contributed by atoms with Crippen LogP contribution >= 0.6 is 0 Å². The van der Waals surface area contributed by atoms with Gasteiger partial charge in [-0.15, -0.1) is 0 Å². The van der Waals surface area contributed by atoms with E-state index in [9.17, 15) is 0 Å². The van der Waals surface area contributed by atoms with Gasteiger partial charge in [-0.25, -0.2) is 9.97 Å². The minimum absolute atomic E-state index is 0.609. The molecule has 9 aromatic rings. The zero-order valence-corrected chi connectivity index (χ0v) is 22.9. The molecule has 4 aromatic heterocycles. The molecule has 0 amide bonds. The van der Waals surface area contributed by atoms with E-state index < -0.39 is 0 Å². The molecule has 0 saturated carbocycles. The predicted octanol–water partition coefficient (Wildman–Crippen LogP) is 10.6. The maximum absolute atomic E-state index is 6.39. The zero-order valence-electron chi connectivity index (χ0n) is 22.9. The number of rotatable bonds is 4. The van der Waals surface area contributed by atoms with Gasteiger partial charge in [-0.3, -0.25) is 4.90 Å². The molecule has 202 valence electrons. The van der Waals surface area contributed by atoms with Crippen molar-refractivity contribution in [3.05, 3.63) is 140 Å². The van der Waals surface area contributed by atoms with Gasteiger partial charge < -0.3 is 8.83 Å². The highest BCUT2D eigenvalue weighted by atomic mass is 16.3. The van der Waals surface area contributed by atoms with Gasteiger partial charge in [0.1, 0.15) is 17.0 Å². The molecule has 0 aliphatic heterocycles. The van der Waals surface area contributed by atoms with Crippen LogP contribution in [0.1, 0.15) is 0 Å². The molecule has 5 nitrogen and oxygen atoms in total. The molecule has 0 atom stereocenters. The summed E-state index contributed by atoms with van der Waals surface area (Å²) in [6, 6.07) is 43.8. The number of fused-ring (bicyclic) bond motifs is 7. The molecule has 9 rings (SSSR count). The van der Waals surface area contributed by atoms with Gasteiger partial charge in [-0.2, -0.15) is 0 Å². The first kappa shape index (κ1) is 23.7. The molecule has 0 saturated heterocycles. The SMILES string of the molecule is c1ccc(-c2ccc3cc(N(c4cc5oc6ccccc6c5cn4)c4cccc5c4oc4ncccc45)ccc3c2)cc1. The van der Waals surface area contributed by atoms with Crippen molar-refractivity contribution < 1.29 is 8.83 Å². The van der Waals surface area contributed by atoms with Crippen LogP contribution in [0.3, 0.4) is 0 Å². The van der Waals surface area contributed by atoms with Crippen LogP contribution < -0.4 is 4.90 Å². The lowest BCUT2D eigenvalue weighted by Crippen LogP contribution is -2.11. The lowest BCUT2D eigenvalue weighted by molar-refractivity contribution is 0.654. The Balaban J connectivity index is 1.27.